The van der Waals surface area contributed by atoms with Crippen LogP contribution in [0.2, 0.25) is 0 Å². The first-order valence-electron chi connectivity index (χ1n) is 10.4. The number of aromatic nitrogens is 4. The average Bonchev–Trinajstić information content (AvgIpc) is 3.35. The second-order valence-corrected chi connectivity index (χ2v) is 8.05. The summed E-state index contributed by atoms with van der Waals surface area (Å²) in [5.41, 5.74) is 4.05. The van der Waals surface area contributed by atoms with Gasteiger partial charge in [-0.15, -0.1) is 0 Å². The number of nitriles is 1. The highest BCUT2D eigenvalue weighted by atomic mass is 16.1. The lowest BCUT2D eigenvalue weighted by Gasteiger charge is -2.19. The topological polar surface area (TPSA) is 88.5 Å². The van der Waals surface area contributed by atoms with Crippen molar-refractivity contribution in [2.24, 2.45) is 5.92 Å². The van der Waals surface area contributed by atoms with Crippen molar-refractivity contribution < 1.29 is 4.79 Å². The van der Waals surface area contributed by atoms with E-state index in [-0.39, 0.29) is 11.6 Å². The maximum Gasteiger partial charge on any atom is 0.262 e. The van der Waals surface area contributed by atoms with Crippen LogP contribution in [-0.4, -0.2) is 25.2 Å². The zero-order chi connectivity index (χ0) is 22.4. The maximum absolute atomic E-state index is 13.0. The van der Waals surface area contributed by atoms with Crippen LogP contribution in [0.4, 0.5) is 0 Å². The second-order valence-electron chi connectivity index (χ2n) is 8.05. The minimum atomic E-state index is -0.412. The Morgan fingerprint density at radius 3 is 2.58 bits per heavy atom. The third-order valence-electron chi connectivity index (χ3n) is 5.17. The van der Waals surface area contributed by atoms with E-state index in [1.807, 2.05) is 50.2 Å². The van der Waals surface area contributed by atoms with Gasteiger partial charge in [0.2, 0.25) is 0 Å². The molecule has 3 rings (SSSR count). The van der Waals surface area contributed by atoms with Crippen LogP contribution in [-0.2, 0) is 17.9 Å². The molecule has 0 aliphatic heterocycles. The van der Waals surface area contributed by atoms with Crippen LogP contribution < -0.4 is 5.32 Å². The molecule has 0 spiro atoms. The second kappa shape index (κ2) is 9.90. The van der Waals surface area contributed by atoms with Crippen LogP contribution in [0.25, 0.3) is 6.08 Å². The third-order valence-corrected chi connectivity index (χ3v) is 5.17. The molecule has 2 heterocycles. The third kappa shape index (κ3) is 5.48. The van der Waals surface area contributed by atoms with Crippen LogP contribution in [0.3, 0.4) is 0 Å². The molecule has 1 atom stereocenters. The number of amides is 1. The molecule has 1 N–H and O–H groups in total. The number of hydrogen-bond acceptors (Lipinski definition) is 4. The van der Waals surface area contributed by atoms with Crippen LogP contribution in [0.15, 0.2) is 54.6 Å². The number of carbonyl (C=O) groups is 1. The van der Waals surface area contributed by atoms with Crippen LogP contribution in [0, 0.1) is 31.1 Å². The molecule has 160 valence electrons. The summed E-state index contributed by atoms with van der Waals surface area (Å²) >= 11 is 0. The Kier molecular flexibility index (Phi) is 7.03. The molecule has 2 aromatic heterocycles. The lowest BCUT2D eigenvalue weighted by molar-refractivity contribution is -0.117. The summed E-state index contributed by atoms with van der Waals surface area (Å²) < 4.78 is 3.88. The first kappa shape index (κ1) is 22.0. The summed E-state index contributed by atoms with van der Waals surface area (Å²) in [6, 6.07) is 13.4. The van der Waals surface area contributed by atoms with Gasteiger partial charge in [0.25, 0.3) is 5.91 Å². The molecule has 0 saturated carbocycles. The van der Waals surface area contributed by atoms with Crippen molar-refractivity contribution >= 4 is 12.0 Å². The normalized spacial score (nSPS) is 12.6. The number of aryl methyl sites for hydroxylation is 1. The van der Waals surface area contributed by atoms with Crippen molar-refractivity contribution in [3.8, 4) is 6.07 Å². The molecule has 0 fully saturated rings. The summed E-state index contributed by atoms with van der Waals surface area (Å²) in [4.78, 5) is 17.0. The quantitative estimate of drug-likeness (QED) is 0.447. The number of rotatable bonds is 8. The Bertz CT molecular complexity index is 1090. The fourth-order valence-corrected chi connectivity index (χ4v) is 3.59. The van der Waals surface area contributed by atoms with Crippen LogP contribution >= 0.6 is 0 Å². The fourth-order valence-electron chi connectivity index (χ4n) is 3.59. The predicted molar refractivity (Wildman–Crippen MR) is 120 cm³/mol. The largest absolute Gasteiger partial charge is 0.348 e. The van der Waals surface area contributed by atoms with Gasteiger partial charge < -0.3 is 9.88 Å². The molecular weight excluding hydrogens is 388 g/mol. The SMILES string of the molecule is Cc1cc(/C=C(/C#N)C(=O)NC(Cn2cncn2)c2ccccc2)c(C)n1CC(C)C. The lowest BCUT2D eigenvalue weighted by atomic mass is 10.1. The molecule has 0 aliphatic carbocycles. The van der Waals surface area contributed by atoms with Gasteiger partial charge in [-0.3, -0.25) is 9.48 Å². The van der Waals surface area contributed by atoms with E-state index in [1.54, 1.807) is 17.1 Å². The standard InChI is InChI=1S/C24H28N6O/c1-17(2)13-30-18(3)10-21(19(30)4)11-22(12-25)24(31)28-23(14-29-16-26-15-27-29)20-8-6-5-7-9-20/h5-11,15-17,23H,13-14H2,1-4H3,(H,28,31)/b22-11-. The number of nitrogens with one attached hydrogen (secondary N) is 1. The monoisotopic (exact) mass is 416 g/mol. The van der Waals surface area contributed by atoms with E-state index in [2.05, 4.69) is 39.9 Å². The van der Waals surface area contributed by atoms with Crippen molar-refractivity contribution in [2.45, 2.75) is 46.8 Å². The Hall–Kier alpha value is -3.66. The van der Waals surface area contributed by atoms with E-state index in [4.69, 9.17) is 0 Å². The molecule has 3 aromatic rings. The van der Waals surface area contributed by atoms with E-state index in [1.165, 1.54) is 6.33 Å². The molecule has 0 bridgehead atoms. The summed E-state index contributed by atoms with van der Waals surface area (Å²) in [6.45, 7) is 9.71. The van der Waals surface area contributed by atoms with E-state index in [0.717, 1.165) is 29.1 Å². The van der Waals surface area contributed by atoms with Crippen molar-refractivity contribution in [1.82, 2.24) is 24.6 Å². The minimum absolute atomic E-state index is 0.0734. The predicted octanol–water partition coefficient (Wildman–Crippen LogP) is 3.82. The van der Waals surface area contributed by atoms with E-state index in [9.17, 15) is 10.1 Å². The maximum atomic E-state index is 13.0. The van der Waals surface area contributed by atoms with Crippen molar-refractivity contribution in [3.05, 3.63) is 77.1 Å². The molecule has 1 aromatic carbocycles. The number of benzene rings is 1. The Morgan fingerprint density at radius 1 is 1.23 bits per heavy atom. The molecule has 7 nitrogen and oxygen atoms in total. The Balaban J connectivity index is 1.86. The highest BCUT2D eigenvalue weighted by molar-refractivity contribution is 6.02. The van der Waals surface area contributed by atoms with Crippen molar-refractivity contribution in [3.63, 3.8) is 0 Å². The average molecular weight is 417 g/mol. The first-order valence-corrected chi connectivity index (χ1v) is 10.4. The summed E-state index contributed by atoms with van der Waals surface area (Å²) in [5.74, 6) is 0.0916. The highest BCUT2D eigenvalue weighted by Crippen LogP contribution is 2.21. The van der Waals surface area contributed by atoms with Crippen molar-refractivity contribution in [2.75, 3.05) is 0 Å². The van der Waals surface area contributed by atoms with Gasteiger partial charge in [0.05, 0.1) is 12.6 Å². The Labute approximate surface area is 183 Å². The van der Waals surface area contributed by atoms with Gasteiger partial charge >= 0.3 is 0 Å². The van der Waals surface area contributed by atoms with Crippen LogP contribution in [0.1, 0.15) is 42.4 Å². The first-order chi connectivity index (χ1) is 14.9. The van der Waals surface area contributed by atoms with Gasteiger partial charge in [0, 0.05) is 17.9 Å². The van der Waals surface area contributed by atoms with Crippen molar-refractivity contribution in [1.29, 1.82) is 5.26 Å². The zero-order valence-corrected chi connectivity index (χ0v) is 18.4. The molecule has 0 radical (unpaired) electrons. The molecule has 31 heavy (non-hydrogen) atoms. The van der Waals surface area contributed by atoms with E-state index >= 15 is 0 Å². The molecule has 1 amide bonds. The molecule has 7 heteroatoms. The summed E-state index contributed by atoms with van der Waals surface area (Å²) in [7, 11) is 0. The van der Waals surface area contributed by atoms with Crippen LogP contribution in [0.5, 0.6) is 0 Å². The summed E-state index contributed by atoms with van der Waals surface area (Å²) in [5, 5.41) is 16.8. The molecule has 0 saturated heterocycles. The van der Waals surface area contributed by atoms with Gasteiger partial charge in [0.1, 0.15) is 24.3 Å². The number of hydrogen-bond donors (Lipinski definition) is 1. The van der Waals surface area contributed by atoms with Gasteiger partial charge in [0.15, 0.2) is 0 Å². The Morgan fingerprint density at radius 2 is 1.97 bits per heavy atom. The minimum Gasteiger partial charge on any atom is -0.348 e. The fraction of sp³-hybridized carbons (Fsp3) is 0.333. The van der Waals surface area contributed by atoms with Gasteiger partial charge in [-0.05, 0) is 43.0 Å². The van der Waals surface area contributed by atoms with Gasteiger partial charge in [-0.25, -0.2) is 4.98 Å². The summed E-state index contributed by atoms with van der Waals surface area (Å²) in [6.07, 6.45) is 4.73. The lowest BCUT2D eigenvalue weighted by Crippen LogP contribution is -2.32. The number of nitrogens with zero attached hydrogens (tertiary/aromatic N) is 5. The van der Waals surface area contributed by atoms with E-state index < -0.39 is 5.91 Å². The number of carbonyl (C=O) groups excluding carboxylic acids is 1. The smallest absolute Gasteiger partial charge is 0.262 e. The molecule has 1 unspecified atom stereocenters. The van der Waals surface area contributed by atoms with E-state index in [0.29, 0.717) is 12.5 Å². The zero-order valence-electron chi connectivity index (χ0n) is 18.4. The molecular formula is C24H28N6O. The van der Waals surface area contributed by atoms with Gasteiger partial charge in [-0.1, -0.05) is 44.2 Å². The highest BCUT2D eigenvalue weighted by Gasteiger charge is 2.19. The molecule has 0 aliphatic rings. The van der Waals surface area contributed by atoms with Gasteiger partial charge in [-0.2, -0.15) is 10.4 Å².